The summed E-state index contributed by atoms with van der Waals surface area (Å²) in [6, 6.07) is 0. The molecule has 10 heavy (non-hydrogen) atoms. The summed E-state index contributed by atoms with van der Waals surface area (Å²) in [5.41, 5.74) is 0. The fraction of sp³-hybridized carbons (Fsp3) is 1.00. The highest BCUT2D eigenvalue weighted by molar-refractivity contribution is 8.06. The van der Waals surface area contributed by atoms with Crippen LogP contribution in [-0.4, -0.2) is 23.0 Å². The molecule has 0 spiro atoms. The van der Waals surface area contributed by atoms with Gasteiger partial charge in [0.25, 0.3) is 0 Å². The maximum Gasteiger partial charge on any atom is 0.00238 e. The van der Waals surface area contributed by atoms with Crippen LogP contribution < -0.4 is 0 Å². The average molecular weight is 176 g/mol. The second-order valence-electron chi connectivity index (χ2n) is 2.64. The second kappa shape index (κ2) is 6.41. The van der Waals surface area contributed by atoms with E-state index in [1.807, 2.05) is 11.8 Å². The Morgan fingerprint density at radius 3 is 1.40 bits per heavy atom. The maximum absolute atomic E-state index is 2.12. The van der Waals surface area contributed by atoms with Crippen molar-refractivity contribution in [3.63, 3.8) is 0 Å². The molecule has 0 saturated carbocycles. The Hall–Kier alpha value is 0.700. The fourth-order valence-electron chi connectivity index (χ4n) is 0.864. The third kappa shape index (κ3) is 6.81. The molecule has 2 heteroatoms. The summed E-state index contributed by atoms with van der Waals surface area (Å²) >= 11 is 4.12. The van der Waals surface area contributed by atoms with Crippen molar-refractivity contribution in [2.45, 2.75) is 25.7 Å². The third-order valence-corrected chi connectivity index (χ3v) is 3.09. The van der Waals surface area contributed by atoms with Crippen molar-refractivity contribution < 1.29 is 0 Å². The van der Waals surface area contributed by atoms with E-state index in [1.165, 1.54) is 48.7 Å². The predicted octanol–water partition coefficient (Wildman–Crippen LogP) is 3.03. The van der Waals surface area contributed by atoms with Gasteiger partial charge in [-0.1, -0.05) is 12.8 Å². The third-order valence-electron chi connectivity index (χ3n) is 1.53. The Bertz CT molecular complexity index is 49.3. The molecule has 0 N–H and O–H groups in total. The van der Waals surface area contributed by atoms with Crippen molar-refractivity contribution in [3.8, 4) is 0 Å². The van der Waals surface area contributed by atoms with Crippen LogP contribution >= 0.6 is 23.5 Å². The lowest BCUT2D eigenvalue weighted by atomic mass is 10.2. The van der Waals surface area contributed by atoms with Gasteiger partial charge in [-0.15, -0.1) is 0 Å². The van der Waals surface area contributed by atoms with E-state index in [1.54, 1.807) is 0 Å². The molecule has 0 aromatic heterocycles. The van der Waals surface area contributed by atoms with E-state index in [0.29, 0.717) is 0 Å². The van der Waals surface area contributed by atoms with Gasteiger partial charge in [0.15, 0.2) is 0 Å². The summed E-state index contributed by atoms with van der Waals surface area (Å²) in [7, 11) is 0. The SMILES string of the molecule is C1CCCSCC1.C1CS1. The van der Waals surface area contributed by atoms with Crippen LogP contribution in [0.4, 0.5) is 0 Å². The van der Waals surface area contributed by atoms with Crippen LogP contribution in [0.25, 0.3) is 0 Å². The molecule has 2 heterocycles. The zero-order chi connectivity index (χ0) is 7.07. The second-order valence-corrected chi connectivity index (χ2v) is 5.09. The maximum atomic E-state index is 2.12. The van der Waals surface area contributed by atoms with Gasteiger partial charge in [-0.3, -0.25) is 0 Å². The topological polar surface area (TPSA) is 0 Å². The molecule has 0 atom stereocenters. The number of hydrogen-bond donors (Lipinski definition) is 0. The number of rotatable bonds is 0. The first-order valence-electron chi connectivity index (χ1n) is 4.15. The Morgan fingerprint density at radius 1 is 0.500 bits per heavy atom. The minimum Gasteiger partial charge on any atom is -0.162 e. The van der Waals surface area contributed by atoms with Gasteiger partial charge in [0.1, 0.15) is 0 Å². The van der Waals surface area contributed by atoms with Crippen molar-refractivity contribution in [2.24, 2.45) is 0 Å². The van der Waals surface area contributed by atoms with E-state index in [-0.39, 0.29) is 0 Å². The zero-order valence-electron chi connectivity index (χ0n) is 6.47. The first-order valence-corrected chi connectivity index (χ1v) is 6.46. The van der Waals surface area contributed by atoms with E-state index < -0.39 is 0 Å². The molecule has 2 aliphatic heterocycles. The Kier molecular flexibility index (Phi) is 5.64. The van der Waals surface area contributed by atoms with Crippen LogP contribution in [0.2, 0.25) is 0 Å². The van der Waals surface area contributed by atoms with Crippen molar-refractivity contribution in [2.75, 3.05) is 23.0 Å². The van der Waals surface area contributed by atoms with Crippen LogP contribution in [0.5, 0.6) is 0 Å². The normalized spacial score (nSPS) is 24.0. The van der Waals surface area contributed by atoms with Gasteiger partial charge in [0.05, 0.1) is 0 Å². The van der Waals surface area contributed by atoms with Crippen molar-refractivity contribution >= 4 is 23.5 Å². The first-order chi connectivity index (χ1) is 5.00. The lowest BCUT2D eigenvalue weighted by molar-refractivity contribution is 0.726. The minimum absolute atomic E-state index is 1.42. The number of thioether (sulfide) groups is 2. The fourth-order valence-corrected chi connectivity index (χ4v) is 1.88. The summed E-state index contributed by atoms with van der Waals surface area (Å²) in [5, 5.41) is 0. The molecule has 60 valence electrons. The lowest BCUT2D eigenvalue weighted by Crippen LogP contribution is -1.71. The van der Waals surface area contributed by atoms with Crippen LogP contribution in [-0.2, 0) is 0 Å². The van der Waals surface area contributed by atoms with E-state index >= 15 is 0 Å². The summed E-state index contributed by atoms with van der Waals surface area (Å²) in [6.07, 6.45) is 5.88. The Morgan fingerprint density at radius 2 is 1.00 bits per heavy atom. The Labute approximate surface area is 72.5 Å². The number of hydrogen-bond acceptors (Lipinski definition) is 2. The van der Waals surface area contributed by atoms with E-state index in [9.17, 15) is 0 Å². The van der Waals surface area contributed by atoms with Crippen LogP contribution in [0.15, 0.2) is 0 Å². The van der Waals surface area contributed by atoms with Gasteiger partial charge in [0, 0.05) is 11.5 Å². The highest BCUT2D eigenvalue weighted by atomic mass is 32.2. The van der Waals surface area contributed by atoms with E-state index in [2.05, 4.69) is 11.8 Å². The monoisotopic (exact) mass is 176 g/mol. The summed E-state index contributed by atoms with van der Waals surface area (Å²) in [6.45, 7) is 0. The standard InChI is InChI=1S/C6H12S.C2H4S/c1-2-4-6-7-5-3-1;1-2-3-1/h1-6H2;1-2H2. The van der Waals surface area contributed by atoms with E-state index in [4.69, 9.17) is 0 Å². The molecule has 2 aliphatic rings. The van der Waals surface area contributed by atoms with Gasteiger partial charge < -0.3 is 0 Å². The largest absolute Gasteiger partial charge is 0.162 e. The molecule has 2 fully saturated rings. The Balaban J connectivity index is 0.000000138. The minimum atomic E-state index is 1.42. The van der Waals surface area contributed by atoms with Gasteiger partial charge >= 0.3 is 0 Å². The van der Waals surface area contributed by atoms with Crippen LogP contribution in [0.1, 0.15) is 25.7 Å². The van der Waals surface area contributed by atoms with Crippen LogP contribution in [0.3, 0.4) is 0 Å². The quantitative estimate of drug-likeness (QED) is 0.520. The first kappa shape index (κ1) is 8.79. The molecule has 0 amide bonds. The van der Waals surface area contributed by atoms with E-state index in [0.717, 1.165) is 0 Å². The predicted molar refractivity (Wildman–Crippen MR) is 53.1 cm³/mol. The highest BCUT2D eigenvalue weighted by Crippen LogP contribution is 2.15. The zero-order valence-corrected chi connectivity index (χ0v) is 8.11. The average Bonchev–Trinajstić information content (AvgIpc) is 2.82. The van der Waals surface area contributed by atoms with Gasteiger partial charge in [0.2, 0.25) is 0 Å². The molecule has 0 nitrogen and oxygen atoms in total. The molecular formula is C8H16S2. The smallest absolute Gasteiger partial charge is 0.00238 e. The van der Waals surface area contributed by atoms with Gasteiger partial charge in [-0.25, -0.2) is 0 Å². The molecule has 0 radical (unpaired) electrons. The molecule has 0 aromatic carbocycles. The summed E-state index contributed by atoms with van der Waals surface area (Å²) in [4.78, 5) is 0. The highest BCUT2D eigenvalue weighted by Gasteiger charge is 1.96. The molecule has 2 saturated heterocycles. The van der Waals surface area contributed by atoms with Crippen LogP contribution in [0, 0.1) is 0 Å². The summed E-state index contributed by atoms with van der Waals surface area (Å²) < 4.78 is 0. The molecule has 0 bridgehead atoms. The van der Waals surface area contributed by atoms with Gasteiger partial charge in [-0.2, -0.15) is 23.5 Å². The molecule has 0 unspecified atom stereocenters. The summed E-state index contributed by atoms with van der Waals surface area (Å²) in [5.74, 6) is 5.67. The van der Waals surface area contributed by atoms with Crippen molar-refractivity contribution in [3.05, 3.63) is 0 Å². The molecule has 0 aliphatic carbocycles. The molecular weight excluding hydrogens is 160 g/mol. The van der Waals surface area contributed by atoms with Gasteiger partial charge in [-0.05, 0) is 24.3 Å². The molecule has 0 aromatic rings. The van der Waals surface area contributed by atoms with Crippen molar-refractivity contribution in [1.82, 2.24) is 0 Å². The molecule has 2 rings (SSSR count). The lowest BCUT2D eigenvalue weighted by Gasteiger charge is -1.86. The van der Waals surface area contributed by atoms with Crippen molar-refractivity contribution in [1.29, 1.82) is 0 Å².